The van der Waals surface area contributed by atoms with E-state index < -0.39 is 5.97 Å². The van der Waals surface area contributed by atoms with E-state index in [2.05, 4.69) is 18.1 Å². The van der Waals surface area contributed by atoms with Crippen molar-refractivity contribution >= 4 is 5.97 Å². The number of hydrogen-bond acceptors (Lipinski definition) is 3. The molecule has 1 aromatic heterocycles. The summed E-state index contributed by atoms with van der Waals surface area (Å²) in [5.74, 6) is -0.846. The minimum absolute atomic E-state index is 0.178. The van der Waals surface area contributed by atoms with Gasteiger partial charge in [0.1, 0.15) is 0 Å². The van der Waals surface area contributed by atoms with Crippen molar-refractivity contribution in [2.24, 2.45) is 13.0 Å². The molecule has 0 saturated heterocycles. The predicted octanol–water partition coefficient (Wildman–Crippen LogP) is 2.14. The minimum atomic E-state index is -0.669. The molecule has 0 aromatic carbocycles. The lowest BCUT2D eigenvalue weighted by molar-refractivity contribution is -0.143. The summed E-state index contributed by atoms with van der Waals surface area (Å²) < 4.78 is 7.74. The van der Waals surface area contributed by atoms with Gasteiger partial charge in [0.2, 0.25) is 0 Å². The summed E-state index contributed by atoms with van der Waals surface area (Å²) in [6.07, 6.45) is 4.26. The Hall–Kier alpha value is -1.36. The number of aryl methyl sites for hydroxylation is 2. The number of aliphatic carboxylic acids is 1. The van der Waals surface area contributed by atoms with Gasteiger partial charge in [-0.2, -0.15) is 5.10 Å². The monoisotopic (exact) mass is 266 g/mol. The van der Waals surface area contributed by atoms with E-state index in [1.54, 1.807) is 0 Å². The number of nitrogens with zero attached hydrogens (tertiary/aromatic N) is 2. The maximum Gasteiger partial charge on any atom is 0.306 e. The second-order valence-electron chi connectivity index (χ2n) is 5.23. The lowest BCUT2D eigenvalue weighted by atomic mass is 9.87. The molecule has 1 N–H and O–H groups in total. The molecule has 1 aromatic rings. The van der Waals surface area contributed by atoms with Gasteiger partial charge in [0.05, 0.1) is 30.0 Å². The van der Waals surface area contributed by atoms with Crippen LogP contribution in [-0.4, -0.2) is 27.0 Å². The SMILES string of the molecule is CCc1cc(COC2CCC(C(=O)O)CC2)n(C)n1. The molecule has 1 fully saturated rings. The van der Waals surface area contributed by atoms with Gasteiger partial charge in [-0.15, -0.1) is 0 Å². The molecule has 1 saturated carbocycles. The van der Waals surface area contributed by atoms with Crippen molar-refractivity contribution in [2.75, 3.05) is 0 Å². The summed E-state index contributed by atoms with van der Waals surface area (Å²) in [5.41, 5.74) is 2.16. The Morgan fingerprint density at radius 1 is 1.47 bits per heavy atom. The Morgan fingerprint density at radius 2 is 2.16 bits per heavy atom. The van der Waals surface area contributed by atoms with Gasteiger partial charge in [-0.05, 0) is 38.2 Å². The maximum atomic E-state index is 10.9. The number of ether oxygens (including phenoxy) is 1. The molecule has 5 nitrogen and oxygen atoms in total. The molecule has 0 unspecified atom stereocenters. The van der Waals surface area contributed by atoms with E-state index in [0.29, 0.717) is 6.61 Å². The average Bonchev–Trinajstić information content (AvgIpc) is 2.77. The third-order valence-electron chi connectivity index (χ3n) is 3.88. The van der Waals surface area contributed by atoms with Gasteiger partial charge in [0, 0.05) is 7.05 Å². The fourth-order valence-electron chi connectivity index (χ4n) is 2.56. The number of rotatable bonds is 5. The van der Waals surface area contributed by atoms with E-state index in [0.717, 1.165) is 43.5 Å². The first-order valence-corrected chi connectivity index (χ1v) is 6.96. The van der Waals surface area contributed by atoms with Crippen LogP contribution in [-0.2, 0) is 29.6 Å². The Balaban J connectivity index is 1.80. The fraction of sp³-hybridized carbons (Fsp3) is 0.714. The van der Waals surface area contributed by atoms with Gasteiger partial charge in [0.25, 0.3) is 0 Å². The quantitative estimate of drug-likeness (QED) is 0.886. The van der Waals surface area contributed by atoms with Gasteiger partial charge < -0.3 is 9.84 Å². The molecule has 0 atom stereocenters. The van der Waals surface area contributed by atoms with Gasteiger partial charge in [-0.25, -0.2) is 0 Å². The zero-order chi connectivity index (χ0) is 13.8. The number of aromatic nitrogens is 2. The number of carboxylic acid groups (broad SMARTS) is 1. The van der Waals surface area contributed by atoms with Crippen molar-refractivity contribution in [2.45, 2.75) is 51.7 Å². The minimum Gasteiger partial charge on any atom is -0.481 e. The Kier molecular flexibility index (Phi) is 4.58. The van der Waals surface area contributed by atoms with E-state index in [-0.39, 0.29) is 12.0 Å². The van der Waals surface area contributed by atoms with Crippen LogP contribution in [0.3, 0.4) is 0 Å². The average molecular weight is 266 g/mol. The molecule has 1 aliphatic carbocycles. The van der Waals surface area contributed by atoms with Crippen molar-refractivity contribution in [3.63, 3.8) is 0 Å². The predicted molar refractivity (Wildman–Crippen MR) is 70.8 cm³/mol. The van der Waals surface area contributed by atoms with Crippen LogP contribution in [0.1, 0.15) is 44.0 Å². The molecule has 0 radical (unpaired) electrons. The molecule has 2 rings (SSSR count). The zero-order valence-corrected chi connectivity index (χ0v) is 11.6. The van der Waals surface area contributed by atoms with Gasteiger partial charge in [0.15, 0.2) is 0 Å². The third-order valence-corrected chi connectivity index (χ3v) is 3.88. The largest absolute Gasteiger partial charge is 0.481 e. The zero-order valence-electron chi connectivity index (χ0n) is 11.6. The van der Waals surface area contributed by atoms with E-state index in [4.69, 9.17) is 9.84 Å². The first kappa shape index (κ1) is 14.1. The van der Waals surface area contributed by atoms with E-state index in [9.17, 15) is 4.79 Å². The van der Waals surface area contributed by atoms with Crippen LogP contribution in [0, 0.1) is 5.92 Å². The fourth-order valence-corrected chi connectivity index (χ4v) is 2.56. The van der Waals surface area contributed by atoms with Crippen molar-refractivity contribution in [1.82, 2.24) is 9.78 Å². The summed E-state index contributed by atoms with van der Waals surface area (Å²) in [6.45, 7) is 2.64. The summed E-state index contributed by atoms with van der Waals surface area (Å²) in [4.78, 5) is 10.9. The summed E-state index contributed by atoms with van der Waals surface area (Å²) in [7, 11) is 1.93. The molecule has 1 heterocycles. The lowest BCUT2D eigenvalue weighted by Gasteiger charge is -2.26. The first-order valence-electron chi connectivity index (χ1n) is 6.96. The smallest absolute Gasteiger partial charge is 0.306 e. The van der Waals surface area contributed by atoms with Crippen LogP contribution in [0.2, 0.25) is 0 Å². The van der Waals surface area contributed by atoms with Crippen molar-refractivity contribution in [1.29, 1.82) is 0 Å². The van der Waals surface area contributed by atoms with Crippen LogP contribution in [0.15, 0.2) is 6.07 Å². The molecule has 0 spiro atoms. The van der Waals surface area contributed by atoms with Crippen LogP contribution in [0.5, 0.6) is 0 Å². The van der Waals surface area contributed by atoms with Gasteiger partial charge >= 0.3 is 5.97 Å². The van der Waals surface area contributed by atoms with E-state index in [1.165, 1.54) is 0 Å². The van der Waals surface area contributed by atoms with Crippen molar-refractivity contribution in [3.05, 3.63) is 17.5 Å². The number of carbonyl (C=O) groups is 1. The second-order valence-corrected chi connectivity index (χ2v) is 5.23. The van der Waals surface area contributed by atoms with E-state index in [1.807, 2.05) is 11.7 Å². The third kappa shape index (κ3) is 3.56. The Bertz CT molecular complexity index is 434. The molecule has 0 amide bonds. The molecule has 106 valence electrons. The summed E-state index contributed by atoms with van der Waals surface area (Å²) >= 11 is 0. The van der Waals surface area contributed by atoms with Crippen molar-refractivity contribution in [3.8, 4) is 0 Å². The van der Waals surface area contributed by atoms with Gasteiger partial charge in [-0.3, -0.25) is 9.48 Å². The number of carboxylic acids is 1. The molecule has 19 heavy (non-hydrogen) atoms. The molecule has 1 aliphatic rings. The topological polar surface area (TPSA) is 64.3 Å². The molecule has 0 bridgehead atoms. The van der Waals surface area contributed by atoms with Crippen LogP contribution >= 0.6 is 0 Å². The molecule has 5 heteroatoms. The van der Waals surface area contributed by atoms with Crippen LogP contribution in [0.4, 0.5) is 0 Å². The summed E-state index contributed by atoms with van der Waals surface area (Å²) in [6, 6.07) is 2.07. The molecular weight excluding hydrogens is 244 g/mol. The van der Waals surface area contributed by atoms with E-state index >= 15 is 0 Å². The summed E-state index contributed by atoms with van der Waals surface area (Å²) in [5, 5.41) is 13.3. The normalized spacial score (nSPS) is 23.5. The highest BCUT2D eigenvalue weighted by Gasteiger charge is 2.26. The standard InChI is InChI=1S/C14H22N2O3/c1-3-11-8-12(16(2)15-11)9-19-13-6-4-10(5-7-13)14(17)18/h8,10,13H,3-7,9H2,1-2H3,(H,17,18). The highest BCUT2D eigenvalue weighted by Crippen LogP contribution is 2.27. The van der Waals surface area contributed by atoms with Crippen LogP contribution in [0.25, 0.3) is 0 Å². The van der Waals surface area contributed by atoms with Crippen LogP contribution < -0.4 is 0 Å². The van der Waals surface area contributed by atoms with Crippen molar-refractivity contribution < 1.29 is 14.6 Å². The van der Waals surface area contributed by atoms with Gasteiger partial charge in [-0.1, -0.05) is 6.92 Å². The first-order chi connectivity index (χ1) is 9.10. The number of hydrogen-bond donors (Lipinski definition) is 1. The lowest BCUT2D eigenvalue weighted by Crippen LogP contribution is -2.26. The highest BCUT2D eigenvalue weighted by atomic mass is 16.5. The molecular formula is C14H22N2O3. The molecule has 0 aliphatic heterocycles. The Morgan fingerprint density at radius 3 is 2.68 bits per heavy atom. The Labute approximate surface area is 113 Å². The highest BCUT2D eigenvalue weighted by molar-refractivity contribution is 5.70. The maximum absolute atomic E-state index is 10.9. The second kappa shape index (κ2) is 6.19.